The van der Waals surface area contributed by atoms with Crippen molar-refractivity contribution in [3.05, 3.63) is 108 Å². The molecular formula is C53H56Cl3N3O9. The molecule has 68 heavy (non-hydrogen) atoms. The predicted octanol–water partition coefficient (Wildman–Crippen LogP) is 13.0. The van der Waals surface area contributed by atoms with Crippen molar-refractivity contribution < 1.29 is 43.2 Å². The fraction of sp³-hybridized carbons (Fsp3) is 0.358. The molecule has 0 aromatic heterocycles. The van der Waals surface area contributed by atoms with Gasteiger partial charge in [0.1, 0.15) is 28.5 Å². The molecule has 3 aliphatic heterocycles. The van der Waals surface area contributed by atoms with Crippen LogP contribution in [-0.2, 0) is 19.1 Å². The number of hydrogen-bond donors (Lipinski definition) is 2. The van der Waals surface area contributed by atoms with E-state index in [1.807, 2.05) is 120 Å². The van der Waals surface area contributed by atoms with Crippen molar-refractivity contribution in [2.75, 3.05) is 52.4 Å². The Morgan fingerprint density at radius 3 is 1.38 bits per heavy atom. The highest BCUT2D eigenvalue weighted by Gasteiger charge is 2.38. The van der Waals surface area contributed by atoms with Crippen LogP contribution in [0.25, 0.3) is 32.3 Å². The van der Waals surface area contributed by atoms with Gasteiger partial charge >= 0.3 is 24.1 Å². The molecule has 0 saturated heterocycles. The number of ether oxygens (including phenoxy) is 4. The summed E-state index contributed by atoms with van der Waals surface area (Å²) in [5, 5.41) is 19.2. The number of fused-ring (bicyclic) bond motifs is 9. The van der Waals surface area contributed by atoms with Crippen LogP contribution in [0, 0.1) is 0 Å². The second-order valence-corrected chi connectivity index (χ2v) is 19.8. The number of nitrogens with zero attached hydrogens (tertiary/aromatic N) is 2. The average Bonchev–Trinajstić information content (AvgIpc) is 3.99. The molecule has 2 N–H and O–H groups in total. The zero-order chi connectivity index (χ0) is 49.2. The summed E-state index contributed by atoms with van der Waals surface area (Å²) in [7, 11) is 0. The van der Waals surface area contributed by atoms with Crippen LogP contribution in [0.15, 0.2) is 91.0 Å². The number of phenols is 1. The molecule has 12 nitrogen and oxygen atoms in total. The molecule has 0 aliphatic carbocycles. The molecule has 9 rings (SSSR count). The van der Waals surface area contributed by atoms with E-state index >= 15 is 0 Å². The number of carbonyl (C=O) groups is 4. The molecule has 0 spiro atoms. The number of anilines is 3. The van der Waals surface area contributed by atoms with Crippen molar-refractivity contribution in [3.63, 3.8) is 0 Å². The molecule has 6 aromatic carbocycles. The number of phenolic OH excluding ortho intramolecular Hbond substituents is 1. The Morgan fingerprint density at radius 2 is 0.956 bits per heavy atom. The second-order valence-electron chi connectivity index (χ2n) is 18.9. The Labute approximate surface area is 411 Å². The largest absolute Gasteiger partial charge is 0.507 e. The van der Waals surface area contributed by atoms with Gasteiger partial charge in [0, 0.05) is 109 Å². The topological polar surface area (TPSA) is 144 Å². The third-order valence-corrected chi connectivity index (χ3v) is 12.7. The van der Waals surface area contributed by atoms with Crippen LogP contribution in [0.5, 0.6) is 17.2 Å². The van der Waals surface area contributed by atoms with Gasteiger partial charge in [0.15, 0.2) is 0 Å². The van der Waals surface area contributed by atoms with E-state index in [0.29, 0.717) is 59.5 Å². The van der Waals surface area contributed by atoms with Gasteiger partial charge in [-0.1, -0.05) is 72.8 Å². The van der Waals surface area contributed by atoms with E-state index < -0.39 is 29.4 Å². The Balaban J connectivity index is 0.000000153. The van der Waals surface area contributed by atoms with E-state index in [-0.39, 0.29) is 23.6 Å². The van der Waals surface area contributed by atoms with Crippen molar-refractivity contribution in [3.8, 4) is 17.2 Å². The maximum atomic E-state index is 12.7. The van der Waals surface area contributed by atoms with Gasteiger partial charge in [-0.25, -0.2) is 9.59 Å². The van der Waals surface area contributed by atoms with Crippen molar-refractivity contribution in [1.29, 1.82) is 0 Å². The van der Waals surface area contributed by atoms with Gasteiger partial charge in [-0.15, -0.1) is 34.8 Å². The van der Waals surface area contributed by atoms with E-state index in [9.17, 15) is 24.3 Å². The summed E-state index contributed by atoms with van der Waals surface area (Å²) in [6.07, 6.45) is -0.850. The molecule has 2 amide bonds. The second kappa shape index (κ2) is 20.3. The van der Waals surface area contributed by atoms with Gasteiger partial charge < -0.3 is 29.4 Å². The third kappa shape index (κ3) is 10.7. The number of halogens is 3. The minimum absolute atomic E-state index is 0.0181. The summed E-state index contributed by atoms with van der Waals surface area (Å²) < 4.78 is 21.7. The number of amides is 2. The predicted molar refractivity (Wildman–Crippen MR) is 272 cm³/mol. The number of rotatable bonds is 5. The maximum Gasteiger partial charge on any atom is 0.414 e. The lowest BCUT2D eigenvalue weighted by atomic mass is 9.95. The Kier molecular flexibility index (Phi) is 14.9. The molecular weight excluding hydrogens is 929 g/mol. The van der Waals surface area contributed by atoms with E-state index in [1.54, 1.807) is 21.9 Å². The molecule has 3 heterocycles. The minimum atomic E-state index is -0.605. The lowest BCUT2D eigenvalue weighted by Gasteiger charge is -2.25. The van der Waals surface area contributed by atoms with Crippen LogP contribution in [0.2, 0.25) is 0 Å². The Morgan fingerprint density at radius 1 is 0.574 bits per heavy atom. The van der Waals surface area contributed by atoms with Crippen LogP contribution in [-0.4, -0.2) is 77.7 Å². The number of hydrogen-bond acceptors (Lipinski definition) is 10. The molecule has 3 aliphatic rings. The molecule has 0 fully saturated rings. The highest BCUT2D eigenvalue weighted by molar-refractivity contribution is 6.20. The van der Waals surface area contributed by atoms with Gasteiger partial charge in [0.2, 0.25) is 0 Å². The van der Waals surface area contributed by atoms with Gasteiger partial charge in [-0.05, 0) is 74.4 Å². The number of nitrogens with one attached hydrogen (secondary N) is 1. The van der Waals surface area contributed by atoms with Crippen LogP contribution in [0.4, 0.5) is 26.7 Å². The quantitative estimate of drug-likeness (QED) is 0.0973. The summed E-state index contributed by atoms with van der Waals surface area (Å²) in [5.74, 6) is 2.13. The van der Waals surface area contributed by atoms with Gasteiger partial charge in [0.05, 0.1) is 11.4 Å². The highest BCUT2D eigenvalue weighted by Crippen LogP contribution is 2.48. The lowest BCUT2D eigenvalue weighted by Crippen LogP contribution is -2.36. The third-order valence-electron chi connectivity index (χ3n) is 11.6. The summed E-state index contributed by atoms with van der Waals surface area (Å²) in [6, 6.07) is 28.5. The lowest BCUT2D eigenvalue weighted by molar-refractivity contribution is -0.132. The standard InChI is InChI=1S/C20H22ClNO4.C18H20ClNO3.C15H14ClNO2/c1-12(23)25-17-9-16-18(15-8-6-5-7-14(15)17)13(10-21)11-22(16)19(24)26-20(2,3)4;1-18(2,3)23-17(22)20-10-11(9-19)16-13-7-5-4-6-12(13)15(21)8-14(16)20;1-9(18)19-14-6-13-15(10(7-16)8-17-13)12-5-3-2-4-11(12)14/h5-9,13H,10-11H2,1-4H3;4-8,11,21H,9-10H2,1-3H3;2-6,10,17H,7-8H2,1H3/t13-;11-;10-/m111/s1. The van der Waals surface area contributed by atoms with Gasteiger partial charge in [-0.2, -0.15) is 0 Å². The average molecular weight is 985 g/mol. The number of benzene rings is 6. The number of alkyl halides is 3. The Bertz CT molecular complexity index is 2910. The number of carbonyl (C=O) groups excluding carboxylic acids is 4. The van der Waals surface area contributed by atoms with Crippen LogP contribution in [0.3, 0.4) is 0 Å². The first-order chi connectivity index (χ1) is 32.2. The number of aromatic hydroxyl groups is 1. The van der Waals surface area contributed by atoms with Crippen molar-refractivity contribution >= 4 is 108 Å². The molecule has 0 saturated carbocycles. The molecule has 15 heteroatoms. The van der Waals surface area contributed by atoms with Crippen molar-refractivity contribution in [1.82, 2.24) is 0 Å². The zero-order valence-electron chi connectivity index (χ0n) is 39.4. The first kappa shape index (κ1) is 49.9. The smallest absolute Gasteiger partial charge is 0.414 e. The summed E-state index contributed by atoms with van der Waals surface area (Å²) in [5.41, 5.74) is 4.40. The minimum Gasteiger partial charge on any atom is -0.507 e. The van der Waals surface area contributed by atoms with Crippen LogP contribution >= 0.6 is 34.8 Å². The fourth-order valence-electron chi connectivity index (χ4n) is 8.97. The number of esters is 2. The van der Waals surface area contributed by atoms with E-state index in [2.05, 4.69) is 5.32 Å². The summed E-state index contributed by atoms with van der Waals surface area (Å²) in [4.78, 5) is 51.1. The summed E-state index contributed by atoms with van der Waals surface area (Å²) in [6.45, 7) is 15.5. The molecule has 3 atom stereocenters. The molecule has 0 unspecified atom stereocenters. The fourth-order valence-corrected chi connectivity index (χ4v) is 9.73. The molecule has 358 valence electrons. The Hall–Kier alpha value is -5.95. The molecule has 0 bridgehead atoms. The van der Waals surface area contributed by atoms with Gasteiger partial charge in [-0.3, -0.25) is 19.4 Å². The van der Waals surface area contributed by atoms with Crippen LogP contribution < -0.4 is 24.6 Å². The SMILES string of the molecule is CC(=O)Oc1cc2c(c3ccccc13)[C@H](CCl)CN2.CC(=O)Oc1cc2c(c3ccccc13)[C@H](CCl)CN2C(=O)OC(C)(C)C.CC(C)(C)OC(=O)N1C[C@@H](CCl)c2c1cc(O)c1ccccc21. The van der Waals surface area contributed by atoms with E-state index in [1.165, 1.54) is 19.4 Å². The van der Waals surface area contributed by atoms with Crippen molar-refractivity contribution in [2.24, 2.45) is 0 Å². The maximum absolute atomic E-state index is 12.7. The first-order valence-corrected chi connectivity index (χ1v) is 24.0. The molecule has 0 radical (unpaired) electrons. The van der Waals surface area contributed by atoms with Crippen molar-refractivity contribution in [2.45, 2.75) is 84.3 Å². The molecule has 6 aromatic rings. The normalized spacial score (nSPS) is 17.0. The van der Waals surface area contributed by atoms with Gasteiger partial charge in [0.25, 0.3) is 0 Å². The zero-order valence-corrected chi connectivity index (χ0v) is 41.6. The van der Waals surface area contributed by atoms with E-state index in [4.69, 9.17) is 53.8 Å². The monoisotopic (exact) mass is 983 g/mol. The van der Waals surface area contributed by atoms with Crippen LogP contribution in [0.1, 0.15) is 89.8 Å². The first-order valence-electron chi connectivity index (χ1n) is 22.4. The summed E-state index contributed by atoms with van der Waals surface area (Å²) >= 11 is 18.4. The van der Waals surface area contributed by atoms with E-state index in [0.717, 1.165) is 55.7 Å². The highest BCUT2D eigenvalue weighted by atomic mass is 35.5.